The molecule has 33 heavy (non-hydrogen) atoms. The molecule has 0 saturated heterocycles. The van der Waals surface area contributed by atoms with Crippen LogP contribution in [0.5, 0.6) is 5.75 Å². The zero-order chi connectivity index (χ0) is 22.6. The van der Waals surface area contributed by atoms with Crippen LogP contribution in [-0.2, 0) is 19.5 Å². The molecule has 1 fully saturated rings. The molecule has 4 heterocycles. The van der Waals surface area contributed by atoms with Crippen molar-refractivity contribution in [3.63, 3.8) is 0 Å². The highest BCUT2D eigenvalue weighted by molar-refractivity contribution is 5.91. The summed E-state index contributed by atoms with van der Waals surface area (Å²) in [5.41, 5.74) is 4.29. The average Bonchev–Trinajstić information content (AvgIpc) is 3.43. The van der Waals surface area contributed by atoms with Crippen molar-refractivity contribution >= 4 is 16.9 Å². The number of aromatic nitrogens is 7. The van der Waals surface area contributed by atoms with Crippen molar-refractivity contribution in [3.05, 3.63) is 59.4 Å². The van der Waals surface area contributed by atoms with Crippen molar-refractivity contribution in [1.29, 1.82) is 0 Å². The van der Waals surface area contributed by atoms with Gasteiger partial charge in [-0.05, 0) is 61.8 Å². The van der Waals surface area contributed by atoms with Gasteiger partial charge in [0.1, 0.15) is 5.75 Å². The number of rotatable bonds is 10. The third kappa shape index (κ3) is 5.16. The number of aromatic amines is 1. The normalized spacial score (nSPS) is 13.4. The fourth-order valence-electron chi connectivity index (χ4n) is 3.77. The minimum absolute atomic E-state index is 0.273. The zero-order valence-electron chi connectivity index (χ0n) is 18.5. The third-order valence-electron chi connectivity index (χ3n) is 5.76. The summed E-state index contributed by atoms with van der Waals surface area (Å²) >= 11 is 0. The summed E-state index contributed by atoms with van der Waals surface area (Å²) < 4.78 is 6.84. The van der Waals surface area contributed by atoms with Crippen LogP contribution in [0, 0.1) is 0 Å². The molecular weight excluding hydrogens is 420 g/mol. The lowest BCUT2D eigenvalue weighted by Gasteiger charge is -2.04. The fraction of sp³-hybridized carbons (Fsp3) is 0.391. The first-order valence-electron chi connectivity index (χ1n) is 11.2. The van der Waals surface area contributed by atoms with Crippen LogP contribution >= 0.6 is 0 Å². The summed E-state index contributed by atoms with van der Waals surface area (Å²) in [5, 5.41) is 20.7. The quantitative estimate of drug-likeness (QED) is 0.359. The molecule has 10 heteroatoms. The highest BCUT2D eigenvalue weighted by Gasteiger charge is 2.25. The van der Waals surface area contributed by atoms with Crippen molar-refractivity contribution < 1.29 is 9.53 Å². The number of aryl methyl sites for hydroxylation is 2. The van der Waals surface area contributed by atoms with Crippen LogP contribution in [0.2, 0.25) is 0 Å². The van der Waals surface area contributed by atoms with Crippen LogP contribution in [0.15, 0.2) is 36.8 Å². The van der Waals surface area contributed by atoms with E-state index in [0.29, 0.717) is 30.5 Å². The molecule has 4 aromatic rings. The van der Waals surface area contributed by atoms with Gasteiger partial charge in [0.2, 0.25) is 0 Å². The van der Waals surface area contributed by atoms with Gasteiger partial charge in [0.25, 0.3) is 5.91 Å². The maximum Gasteiger partial charge on any atom is 0.273 e. The smallest absolute Gasteiger partial charge is 0.273 e. The van der Waals surface area contributed by atoms with Crippen LogP contribution in [0.1, 0.15) is 59.0 Å². The van der Waals surface area contributed by atoms with E-state index in [2.05, 4.69) is 47.9 Å². The molecule has 170 valence electrons. The number of hydrogen-bond acceptors (Lipinski definition) is 7. The van der Waals surface area contributed by atoms with Crippen LogP contribution in [0.3, 0.4) is 0 Å². The van der Waals surface area contributed by atoms with E-state index < -0.39 is 0 Å². The first-order chi connectivity index (χ1) is 16.2. The number of ether oxygens (including phenoxy) is 1. The molecule has 0 aliphatic heterocycles. The lowest BCUT2D eigenvalue weighted by Crippen LogP contribution is -2.23. The van der Waals surface area contributed by atoms with Gasteiger partial charge < -0.3 is 15.0 Å². The van der Waals surface area contributed by atoms with Gasteiger partial charge in [-0.15, -0.1) is 10.2 Å². The average molecular weight is 447 g/mol. The Labute approximate surface area is 190 Å². The van der Waals surface area contributed by atoms with Gasteiger partial charge in [0.05, 0.1) is 25.2 Å². The fourth-order valence-corrected chi connectivity index (χ4v) is 3.77. The van der Waals surface area contributed by atoms with Crippen LogP contribution < -0.4 is 10.1 Å². The van der Waals surface area contributed by atoms with E-state index in [4.69, 9.17) is 4.74 Å². The van der Waals surface area contributed by atoms with Gasteiger partial charge >= 0.3 is 0 Å². The second-order valence-corrected chi connectivity index (χ2v) is 8.38. The van der Waals surface area contributed by atoms with Gasteiger partial charge in [-0.2, -0.15) is 5.10 Å². The zero-order valence-corrected chi connectivity index (χ0v) is 18.5. The molecule has 0 unspecified atom stereocenters. The van der Waals surface area contributed by atoms with E-state index in [-0.39, 0.29) is 5.91 Å². The Morgan fingerprint density at radius 2 is 2.09 bits per heavy atom. The van der Waals surface area contributed by atoms with E-state index in [0.717, 1.165) is 41.6 Å². The number of nitrogens with one attached hydrogen (secondary N) is 2. The molecule has 10 nitrogen and oxygen atoms in total. The maximum atomic E-state index is 12.4. The number of H-pyrrole nitrogens is 1. The number of fused-ring (bicyclic) bond motifs is 1. The van der Waals surface area contributed by atoms with Gasteiger partial charge in [-0.25, -0.2) is 0 Å². The molecule has 5 rings (SSSR count). The molecule has 1 amide bonds. The Morgan fingerprint density at radius 1 is 1.18 bits per heavy atom. The van der Waals surface area contributed by atoms with Crippen LogP contribution in [0.4, 0.5) is 0 Å². The third-order valence-corrected chi connectivity index (χ3v) is 5.76. The standard InChI is InChI=1S/C23H26N8O2/c1-33-19-8-15(11-24-13-19)12-25-23(32)21-14-31(30-28-21)7-3-2-4-18-9-17-10-20(16-5-6-16)26-22(17)29-27-18/h8-11,13-14,16H,2-7,12H2,1H3,(H,25,32)(H,26,29). The first-order valence-corrected chi connectivity index (χ1v) is 11.2. The maximum absolute atomic E-state index is 12.4. The summed E-state index contributed by atoms with van der Waals surface area (Å²) in [6.07, 6.45) is 10.2. The van der Waals surface area contributed by atoms with E-state index in [1.807, 2.05) is 6.07 Å². The van der Waals surface area contributed by atoms with Crippen molar-refractivity contribution in [3.8, 4) is 5.75 Å². The predicted octanol–water partition coefficient (Wildman–Crippen LogP) is 2.78. The van der Waals surface area contributed by atoms with E-state index in [9.17, 15) is 4.79 Å². The number of hydrogen-bond donors (Lipinski definition) is 2. The Kier molecular flexibility index (Phi) is 5.97. The number of methoxy groups -OCH3 is 1. The summed E-state index contributed by atoms with van der Waals surface area (Å²) in [6.45, 7) is 1.02. The Bertz CT molecular complexity index is 1260. The largest absolute Gasteiger partial charge is 0.495 e. The number of nitrogens with zero attached hydrogens (tertiary/aromatic N) is 6. The molecule has 0 bridgehead atoms. The second-order valence-electron chi connectivity index (χ2n) is 8.38. The SMILES string of the molecule is COc1cncc(CNC(=O)c2cn(CCCCc3cc4cc(C5CC5)[nH]c4nn3)nn2)c1. The molecule has 1 aliphatic rings. The molecule has 0 atom stereocenters. The van der Waals surface area contributed by atoms with Crippen LogP contribution in [0.25, 0.3) is 11.0 Å². The molecule has 4 aromatic heterocycles. The second kappa shape index (κ2) is 9.35. The number of carbonyl (C=O) groups is 1. The van der Waals surface area contributed by atoms with Crippen molar-refractivity contribution in [1.82, 2.24) is 40.5 Å². The summed E-state index contributed by atoms with van der Waals surface area (Å²) in [4.78, 5) is 19.8. The van der Waals surface area contributed by atoms with Gasteiger partial charge in [0, 0.05) is 30.4 Å². The van der Waals surface area contributed by atoms with Crippen molar-refractivity contribution in [2.75, 3.05) is 7.11 Å². The molecule has 0 spiro atoms. The van der Waals surface area contributed by atoms with Crippen molar-refractivity contribution in [2.45, 2.75) is 51.1 Å². The minimum Gasteiger partial charge on any atom is -0.495 e. The number of unbranched alkanes of at least 4 members (excludes halogenated alkanes) is 1. The topological polar surface area (TPSA) is 124 Å². The molecule has 1 saturated carbocycles. The molecule has 0 aromatic carbocycles. The first kappa shape index (κ1) is 21.0. The minimum atomic E-state index is -0.273. The van der Waals surface area contributed by atoms with E-state index in [1.54, 1.807) is 30.4 Å². The summed E-state index contributed by atoms with van der Waals surface area (Å²) in [7, 11) is 1.58. The lowest BCUT2D eigenvalue weighted by atomic mass is 10.1. The highest BCUT2D eigenvalue weighted by atomic mass is 16.5. The Hall–Kier alpha value is -3.82. The molecule has 0 radical (unpaired) electrons. The number of amides is 1. The summed E-state index contributed by atoms with van der Waals surface area (Å²) in [6, 6.07) is 6.16. The van der Waals surface area contributed by atoms with Crippen LogP contribution in [-0.4, -0.2) is 48.2 Å². The monoisotopic (exact) mass is 446 g/mol. The van der Waals surface area contributed by atoms with Gasteiger partial charge in [0.15, 0.2) is 11.3 Å². The Balaban J connectivity index is 1.07. The predicted molar refractivity (Wildman–Crippen MR) is 121 cm³/mol. The molecule has 1 aliphatic carbocycles. The number of pyridine rings is 1. The van der Waals surface area contributed by atoms with Gasteiger partial charge in [-0.3, -0.25) is 14.5 Å². The highest BCUT2D eigenvalue weighted by Crippen LogP contribution is 2.40. The summed E-state index contributed by atoms with van der Waals surface area (Å²) in [5.74, 6) is 1.05. The molecule has 2 N–H and O–H groups in total. The van der Waals surface area contributed by atoms with E-state index in [1.165, 1.54) is 18.5 Å². The van der Waals surface area contributed by atoms with Gasteiger partial charge in [-0.1, -0.05) is 5.21 Å². The molecular formula is C23H26N8O2. The van der Waals surface area contributed by atoms with Crippen molar-refractivity contribution in [2.24, 2.45) is 0 Å². The van der Waals surface area contributed by atoms with E-state index >= 15 is 0 Å². The number of carbonyl (C=O) groups excluding carboxylic acids is 1. The lowest BCUT2D eigenvalue weighted by molar-refractivity contribution is 0.0945. The Morgan fingerprint density at radius 3 is 2.94 bits per heavy atom.